The molecule has 0 bridgehead atoms. The molecule has 0 saturated heterocycles. The Hall–Kier alpha value is -4.79. The zero-order valence-electron chi connectivity index (χ0n) is 18.0. The molecule has 164 valence electrons. The molecule has 1 aliphatic rings. The van der Waals surface area contributed by atoms with Crippen LogP contribution in [-0.4, -0.2) is 41.9 Å². The van der Waals surface area contributed by atoms with E-state index in [1.807, 2.05) is 55.6 Å². The number of hydrogen-bond acceptors (Lipinski definition) is 7. The first-order chi connectivity index (χ1) is 16.7. The van der Waals surface area contributed by atoms with Gasteiger partial charge in [0.05, 0.1) is 22.4 Å². The zero-order valence-corrected chi connectivity index (χ0v) is 18.0. The van der Waals surface area contributed by atoms with Gasteiger partial charge < -0.3 is 14.5 Å². The number of aromatic amines is 2. The van der Waals surface area contributed by atoms with E-state index in [4.69, 9.17) is 19.4 Å². The summed E-state index contributed by atoms with van der Waals surface area (Å²) in [5.41, 5.74) is 8.37. The molecule has 0 unspecified atom stereocenters. The maximum absolute atomic E-state index is 5.54. The average Bonchev–Trinajstić information content (AvgIpc) is 3.60. The van der Waals surface area contributed by atoms with E-state index < -0.39 is 0 Å². The van der Waals surface area contributed by atoms with E-state index in [1.54, 1.807) is 12.4 Å². The van der Waals surface area contributed by atoms with Crippen molar-refractivity contribution in [3.63, 3.8) is 0 Å². The van der Waals surface area contributed by atoms with Crippen LogP contribution in [0.1, 0.15) is 5.56 Å². The molecule has 0 fully saturated rings. The van der Waals surface area contributed by atoms with E-state index in [1.165, 1.54) is 0 Å². The van der Waals surface area contributed by atoms with Crippen molar-refractivity contribution in [1.29, 1.82) is 0 Å². The number of aromatic nitrogens is 7. The minimum Gasteiger partial charge on any atom is -0.454 e. The fourth-order valence-electron chi connectivity index (χ4n) is 4.25. The largest absolute Gasteiger partial charge is 0.454 e. The van der Waals surface area contributed by atoms with Crippen molar-refractivity contribution >= 4 is 22.1 Å². The van der Waals surface area contributed by atoms with Crippen molar-refractivity contribution in [3.05, 3.63) is 66.6 Å². The number of aryl methyl sites for hydroxylation is 1. The second-order valence-electron chi connectivity index (χ2n) is 8.06. The Labute approximate surface area is 192 Å². The van der Waals surface area contributed by atoms with Crippen LogP contribution >= 0.6 is 0 Å². The lowest BCUT2D eigenvalue weighted by Crippen LogP contribution is -1.92. The van der Waals surface area contributed by atoms with Crippen LogP contribution in [-0.2, 0) is 0 Å². The highest BCUT2D eigenvalue weighted by atomic mass is 16.7. The van der Waals surface area contributed by atoms with Crippen LogP contribution in [0.2, 0.25) is 0 Å². The fraction of sp³-hybridized carbons (Fsp3) is 0.0800. The maximum Gasteiger partial charge on any atom is 0.231 e. The topological polar surface area (TPSA) is 114 Å². The number of nitrogens with one attached hydrogen (secondary N) is 2. The van der Waals surface area contributed by atoms with Crippen molar-refractivity contribution in [3.8, 4) is 45.5 Å². The SMILES string of the molecule is Cc1ccncc1-c1ccc2[nH]nc(-c3nc4c(-c5ccc6c(c5)OCO6)nccc4[nH]3)c2n1. The monoisotopic (exact) mass is 447 g/mol. The summed E-state index contributed by atoms with van der Waals surface area (Å²) in [4.78, 5) is 22.0. The lowest BCUT2D eigenvalue weighted by Gasteiger charge is -2.04. The van der Waals surface area contributed by atoms with Gasteiger partial charge in [0.25, 0.3) is 0 Å². The molecule has 1 aliphatic heterocycles. The van der Waals surface area contributed by atoms with Gasteiger partial charge in [-0.1, -0.05) is 0 Å². The Kier molecular flexibility index (Phi) is 3.92. The Bertz CT molecular complexity index is 1720. The number of nitrogens with zero attached hydrogens (tertiary/aromatic N) is 5. The summed E-state index contributed by atoms with van der Waals surface area (Å²) in [7, 11) is 0. The van der Waals surface area contributed by atoms with Gasteiger partial charge in [-0.2, -0.15) is 5.10 Å². The summed E-state index contributed by atoms with van der Waals surface area (Å²) in [6, 6.07) is 13.6. The highest BCUT2D eigenvalue weighted by molar-refractivity contribution is 5.95. The van der Waals surface area contributed by atoms with Crippen molar-refractivity contribution < 1.29 is 9.47 Å². The number of imidazole rings is 1. The first-order valence-corrected chi connectivity index (χ1v) is 10.8. The van der Waals surface area contributed by atoms with Crippen molar-refractivity contribution in [2.75, 3.05) is 6.79 Å². The quantitative estimate of drug-likeness (QED) is 0.405. The molecule has 0 spiro atoms. The van der Waals surface area contributed by atoms with Gasteiger partial charge in [0, 0.05) is 29.7 Å². The van der Waals surface area contributed by atoms with Gasteiger partial charge in [0.2, 0.25) is 6.79 Å². The molecule has 0 saturated carbocycles. The summed E-state index contributed by atoms with van der Waals surface area (Å²) in [6.07, 6.45) is 5.36. The van der Waals surface area contributed by atoms with Crippen LogP contribution in [0.5, 0.6) is 11.5 Å². The molecule has 6 aromatic rings. The summed E-state index contributed by atoms with van der Waals surface area (Å²) in [6.45, 7) is 2.27. The van der Waals surface area contributed by atoms with E-state index >= 15 is 0 Å². The van der Waals surface area contributed by atoms with Gasteiger partial charge >= 0.3 is 0 Å². The molecule has 9 nitrogen and oxygen atoms in total. The van der Waals surface area contributed by atoms with E-state index in [9.17, 15) is 0 Å². The second kappa shape index (κ2) is 7.11. The molecule has 0 amide bonds. The van der Waals surface area contributed by atoms with E-state index in [-0.39, 0.29) is 6.79 Å². The molecule has 7 rings (SSSR count). The summed E-state index contributed by atoms with van der Waals surface area (Å²) >= 11 is 0. The summed E-state index contributed by atoms with van der Waals surface area (Å²) in [5, 5.41) is 7.58. The number of benzene rings is 1. The third kappa shape index (κ3) is 2.83. The number of ether oxygens (including phenoxy) is 2. The fourth-order valence-corrected chi connectivity index (χ4v) is 4.25. The molecule has 0 atom stereocenters. The Morgan fingerprint density at radius 2 is 1.76 bits per heavy atom. The lowest BCUT2D eigenvalue weighted by atomic mass is 10.1. The molecule has 0 radical (unpaired) electrons. The van der Waals surface area contributed by atoms with Crippen LogP contribution in [0.25, 0.3) is 56.1 Å². The van der Waals surface area contributed by atoms with Crippen molar-refractivity contribution in [1.82, 2.24) is 35.1 Å². The highest BCUT2D eigenvalue weighted by Crippen LogP contribution is 2.37. The molecule has 5 aromatic heterocycles. The zero-order chi connectivity index (χ0) is 22.6. The van der Waals surface area contributed by atoms with Gasteiger partial charge in [-0.05, 0) is 55.0 Å². The highest BCUT2D eigenvalue weighted by Gasteiger charge is 2.19. The third-order valence-corrected chi connectivity index (χ3v) is 5.99. The number of pyridine rings is 3. The van der Waals surface area contributed by atoms with Crippen LogP contribution in [0.4, 0.5) is 0 Å². The smallest absolute Gasteiger partial charge is 0.231 e. The van der Waals surface area contributed by atoms with E-state index in [0.29, 0.717) is 17.3 Å². The first-order valence-electron chi connectivity index (χ1n) is 10.8. The van der Waals surface area contributed by atoms with E-state index in [2.05, 4.69) is 25.1 Å². The molecule has 0 aliphatic carbocycles. The number of rotatable bonds is 3. The number of H-pyrrole nitrogens is 2. The number of hydrogen-bond donors (Lipinski definition) is 2. The van der Waals surface area contributed by atoms with Crippen LogP contribution in [0, 0.1) is 6.92 Å². The third-order valence-electron chi connectivity index (χ3n) is 5.99. The summed E-state index contributed by atoms with van der Waals surface area (Å²) < 4.78 is 11.0. The Morgan fingerprint density at radius 3 is 2.71 bits per heavy atom. The minimum absolute atomic E-state index is 0.225. The molecule has 34 heavy (non-hydrogen) atoms. The minimum atomic E-state index is 0.225. The molecular formula is C25H17N7O2. The van der Waals surface area contributed by atoms with Gasteiger partial charge in [-0.15, -0.1) is 0 Å². The number of fused-ring (bicyclic) bond motifs is 3. The molecule has 1 aromatic carbocycles. The van der Waals surface area contributed by atoms with Crippen molar-refractivity contribution in [2.24, 2.45) is 0 Å². The standard InChI is InChI=1S/C25H17N7O2/c1-13-6-8-26-11-15(13)16-3-4-18-23(28-16)24(32-31-18)25-29-17-7-9-27-21(22(17)30-25)14-2-5-19-20(10-14)34-12-33-19/h2-11H,12H2,1H3,(H,29,30)(H,31,32). The average molecular weight is 447 g/mol. The van der Waals surface area contributed by atoms with E-state index in [0.717, 1.165) is 55.9 Å². The predicted octanol–water partition coefficient (Wildman–Crippen LogP) is 4.66. The summed E-state index contributed by atoms with van der Waals surface area (Å²) in [5.74, 6) is 2.05. The van der Waals surface area contributed by atoms with Crippen molar-refractivity contribution in [2.45, 2.75) is 6.92 Å². The predicted molar refractivity (Wildman–Crippen MR) is 126 cm³/mol. The first kappa shape index (κ1) is 18.8. The van der Waals surface area contributed by atoms with Gasteiger partial charge in [0.1, 0.15) is 11.0 Å². The van der Waals surface area contributed by atoms with Crippen LogP contribution in [0.15, 0.2) is 61.1 Å². The van der Waals surface area contributed by atoms with Gasteiger partial charge in [-0.3, -0.25) is 15.1 Å². The molecule has 9 heteroatoms. The van der Waals surface area contributed by atoms with Crippen LogP contribution in [0.3, 0.4) is 0 Å². The second-order valence-corrected chi connectivity index (χ2v) is 8.06. The molecular weight excluding hydrogens is 430 g/mol. The lowest BCUT2D eigenvalue weighted by molar-refractivity contribution is 0.174. The normalized spacial score (nSPS) is 12.6. The maximum atomic E-state index is 5.54. The van der Waals surface area contributed by atoms with Gasteiger partial charge in [0.15, 0.2) is 23.0 Å². The van der Waals surface area contributed by atoms with Gasteiger partial charge in [-0.25, -0.2) is 9.97 Å². The Balaban J connectivity index is 1.37. The van der Waals surface area contributed by atoms with Crippen LogP contribution < -0.4 is 9.47 Å². The molecule has 6 heterocycles. The molecule has 2 N–H and O–H groups in total. The Morgan fingerprint density at radius 1 is 0.853 bits per heavy atom.